The summed E-state index contributed by atoms with van der Waals surface area (Å²) >= 11 is 0. The summed E-state index contributed by atoms with van der Waals surface area (Å²) < 4.78 is 12.3. The summed E-state index contributed by atoms with van der Waals surface area (Å²) in [6.45, 7) is 10.6. The summed E-state index contributed by atoms with van der Waals surface area (Å²) in [5.74, 6) is 0.730. The highest BCUT2D eigenvalue weighted by atomic mass is 16.5. The van der Waals surface area contributed by atoms with Crippen molar-refractivity contribution in [1.82, 2.24) is 10.6 Å². The van der Waals surface area contributed by atoms with Gasteiger partial charge in [-0.3, -0.25) is 4.79 Å². The lowest BCUT2D eigenvalue weighted by Gasteiger charge is -2.46. The smallest absolute Gasteiger partial charge is 0.340 e. The highest BCUT2D eigenvalue weighted by molar-refractivity contribution is 5.86. The average Bonchev–Trinajstić information content (AvgIpc) is 2.74. The first-order valence-electron chi connectivity index (χ1n) is 13.3. The van der Waals surface area contributed by atoms with E-state index in [9.17, 15) is 9.59 Å². The lowest BCUT2D eigenvalue weighted by atomic mass is 9.79. The molecule has 6 nitrogen and oxygen atoms in total. The molecule has 2 aromatic rings. The van der Waals surface area contributed by atoms with Crippen molar-refractivity contribution in [1.29, 1.82) is 0 Å². The zero-order valence-electron chi connectivity index (χ0n) is 21.9. The van der Waals surface area contributed by atoms with E-state index in [0.29, 0.717) is 11.1 Å². The normalized spacial score (nSPS) is 23.0. The number of hydrogen-bond acceptors (Lipinski definition) is 5. The number of ether oxygens (including phenoxy) is 1. The maximum Gasteiger partial charge on any atom is 0.340 e. The Morgan fingerprint density at radius 1 is 1.06 bits per heavy atom. The second kappa shape index (κ2) is 8.65. The number of benzene rings is 1. The van der Waals surface area contributed by atoms with Crippen LogP contribution in [0.3, 0.4) is 0 Å². The Morgan fingerprint density at radius 3 is 2.43 bits per heavy atom. The van der Waals surface area contributed by atoms with Crippen LogP contribution in [-0.2, 0) is 17.6 Å². The van der Waals surface area contributed by atoms with Crippen molar-refractivity contribution in [3.05, 3.63) is 39.2 Å². The van der Waals surface area contributed by atoms with Crippen LogP contribution in [0, 0.1) is 6.92 Å². The van der Waals surface area contributed by atoms with Gasteiger partial charge in [-0.25, -0.2) is 4.79 Å². The average molecular weight is 481 g/mol. The molecule has 6 heteroatoms. The maximum absolute atomic E-state index is 13.0. The van der Waals surface area contributed by atoms with Crippen LogP contribution in [0.4, 0.5) is 0 Å². The lowest BCUT2D eigenvalue weighted by Crippen LogP contribution is -2.62. The Hall–Kier alpha value is -2.34. The standard InChI is InChI=1S/C29H40N2O4/c1-18-21-13-19-9-12-29(10-7-6-8-11-29)35-23(19)15-24(21)34-26(33)22(18)14-25(32)30-20-16-27(2,3)31-28(4,5)17-20/h13,15,20,31H,6-12,14,16-17H2,1-5H3,(H,30,32). The van der Waals surface area contributed by atoms with Gasteiger partial charge in [0.1, 0.15) is 16.9 Å². The molecule has 5 rings (SSSR count). The van der Waals surface area contributed by atoms with Crippen LogP contribution < -0.4 is 21.0 Å². The quantitative estimate of drug-likeness (QED) is 0.598. The number of amides is 1. The number of carbonyl (C=O) groups is 1. The fraction of sp³-hybridized carbons (Fsp3) is 0.655. The molecule has 0 unspecified atom stereocenters. The molecule has 3 aliphatic rings. The number of hydrogen-bond donors (Lipinski definition) is 2. The summed E-state index contributed by atoms with van der Waals surface area (Å²) in [6.07, 6.45) is 9.67. The van der Waals surface area contributed by atoms with Crippen molar-refractivity contribution in [3.8, 4) is 5.75 Å². The van der Waals surface area contributed by atoms with Crippen LogP contribution in [0.2, 0.25) is 0 Å². The van der Waals surface area contributed by atoms with Crippen LogP contribution in [0.25, 0.3) is 11.0 Å². The van der Waals surface area contributed by atoms with Gasteiger partial charge >= 0.3 is 5.63 Å². The molecule has 3 heterocycles. The minimum absolute atomic E-state index is 0.0333. The molecular weight excluding hydrogens is 440 g/mol. The molecule has 1 saturated carbocycles. The van der Waals surface area contributed by atoms with Crippen molar-refractivity contribution in [3.63, 3.8) is 0 Å². The number of piperidine rings is 1. The Labute approximate surface area is 208 Å². The van der Waals surface area contributed by atoms with E-state index >= 15 is 0 Å². The van der Waals surface area contributed by atoms with Crippen LogP contribution in [0.5, 0.6) is 5.75 Å². The minimum Gasteiger partial charge on any atom is -0.487 e. The monoisotopic (exact) mass is 480 g/mol. The van der Waals surface area contributed by atoms with Gasteiger partial charge in [0.25, 0.3) is 0 Å². The maximum atomic E-state index is 13.0. The van der Waals surface area contributed by atoms with Gasteiger partial charge in [0.2, 0.25) is 5.91 Å². The van der Waals surface area contributed by atoms with Gasteiger partial charge in [-0.15, -0.1) is 0 Å². The van der Waals surface area contributed by atoms with Crippen LogP contribution in [0.1, 0.15) is 95.8 Å². The molecule has 1 aromatic heterocycles. The van der Waals surface area contributed by atoms with E-state index in [-0.39, 0.29) is 35.0 Å². The summed E-state index contributed by atoms with van der Waals surface area (Å²) in [4.78, 5) is 26.0. The molecule has 0 bridgehead atoms. The van der Waals surface area contributed by atoms with Gasteiger partial charge < -0.3 is 19.8 Å². The first-order chi connectivity index (χ1) is 16.4. The predicted octanol–water partition coefficient (Wildman–Crippen LogP) is 5.10. The second-order valence-electron chi connectivity index (χ2n) is 12.5. The minimum atomic E-state index is -0.431. The van der Waals surface area contributed by atoms with Gasteiger partial charge in [0.05, 0.1) is 12.0 Å². The lowest BCUT2D eigenvalue weighted by molar-refractivity contribution is -0.121. The molecule has 2 N–H and O–H groups in total. The topological polar surface area (TPSA) is 80.6 Å². The van der Waals surface area contributed by atoms with Crippen molar-refractivity contribution in [2.45, 2.75) is 122 Å². The summed E-state index contributed by atoms with van der Waals surface area (Å²) in [7, 11) is 0. The third-order valence-corrected chi connectivity index (χ3v) is 8.30. The molecule has 1 saturated heterocycles. The van der Waals surface area contributed by atoms with E-state index in [1.54, 1.807) is 0 Å². The van der Waals surface area contributed by atoms with E-state index in [1.807, 2.05) is 13.0 Å². The summed E-state index contributed by atoms with van der Waals surface area (Å²) in [5, 5.41) is 7.73. The molecule has 2 aliphatic heterocycles. The van der Waals surface area contributed by atoms with E-state index in [4.69, 9.17) is 9.15 Å². The van der Waals surface area contributed by atoms with E-state index in [1.165, 1.54) is 24.8 Å². The number of rotatable bonds is 3. The van der Waals surface area contributed by atoms with E-state index in [2.05, 4.69) is 44.4 Å². The predicted molar refractivity (Wildman–Crippen MR) is 138 cm³/mol. The third-order valence-electron chi connectivity index (χ3n) is 8.30. The van der Waals surface area contributed by atoms with Crippen LogP contribution >= 0.6 is 0 Å². The summed E-state index contributed by atoms with van der Waals surface area (Å²) in [5.41, 5.74) is 2.39. The van der Waals surface area contributed by atoms with Crippen molar-refractivity contribution < 1.29 is 13.9 Å². The van der Waals surface area contributed by atoms with E-state index in [0.717, 1.165) is 55.2 Å². The molecule has 2 fully saturated rings. The summed E-state index contributed by atoms with van der Waals surface area (Å²) in [6, 6.07) is 4.08. The number of fused-ring (bicyclic) bond motifs is 2. The van der Waals surface area contributed by atoms with Gasteiger partial charge in [-0.2, -0.15) is 0 Å². The molecular formula is C29H40N2O4. The third kappa shape index (κ3) is 5.00. The second-order valence-corrected chi connectivity index (χ2v) is 12.5. The molecule has 1 spiro atoms. The van der Waals surface area contributed by atoms with Crippen molar-refractivity contribution in [2.75, 3.05) is 0 Å². The van der Waals surface area contributed by atoms with E-state index < -0.39 is 5.63 Å². The molecule has 1 aromatic carbocycles. The fourth-order valence-electron chi connectivity index (χ4n) is 7.01. The zero-order valence-corrected chi connectivity index (χ0v) is 21.9. The van der Waals surface area contributed by atoms with Gasteiger partial charge in [-0.1, -0.05) is 6.42 Å². The van der Waals surface area contributed by atoms with Crippen LogP contribution in [0.15, 0.2) is 21.3 Å². The highest BCUT2D eigenvalue weighted by Crippen LogP contribution is 2.43. The number of nitrogens with one attached hydrogen (secondary N) is 2. The molecule has 1 amide bonds. The molecule has 0 radical (unpaired) electrons. The largest absolute Gasteiger partial charge is 0.487 e. The highest BCUT2D eigenvalue weighted by Gasteiger charge is 2.39. The molecule has 1 aliphatic carbocycles. The van der Waals surface area contributed by atoms with Gasteiger partial charge in [0, 0.05) is 28.6 Å². The first-order valence-corrected chi connectivity index (χ1v) is 13.3. The molecule has 190 valence electrons. The Balaban J connectivity index is 1.37. The van der Waals surface area contributed by atoms with Gasteiger partial charge in [0.15, 0.2) is 0 Å². The zero-order chi connectivity index (χ0) is 25.0. The Bertz CT molecular complexity index is 1190. The Morgan fingerprint density at radius 2 is 1.74 bits per heavy atom. The number of carbonyl (C=O) groups excluding carboxylic acids is 1. The van der Waals surface area contributed by atoms with Crippen LogP contribution in [-0.4, -0.2) is 28.6 Å². The van der Waals surface area contributed by atoms with Crippen molar-refractivity contribution in [2.24, 2.45) is 0 Å². The van der Waals surface area contributed by atoms with Gasteiger partial charge in [-0.05, 0) is 103 Å². The Kier molecular flexibility index (Phi) is 6.02. The van der Waals surface area contributed by atoms with Crippen molar-refractivity contribution >= 4 is 16.9 Å². The molecule has 35 heavy (non-hydrogen) atoms. The fourth-order valence-corrected chi connectivity index (χ4v) is 7.01. The molecule has 0 atom stereocenters. The first kappa shape index (κ1) is 24.4. The SMILES string of the molecule is Cc1c(CC(=O)NC2CC(C)(C)NC(C)(C)C2)c(=O)oc2cc3c(cc12)CCC1(CCCCC1)O3. The number of aryl methyl sites for hydroxylation is 2.